The van der Waals surface area contributed by atoms with Crippen LogP contribution >= 0.6 is 11.6 Å². The molecule has 146 valence electrons. The van der Waals surface area contributed by atoms with Gasteiger partial charge < -0.3 is 4.84 Å². The van der Waals surface area contributed by atoms with E-state index in [0.717, 1.165) is 18.2 Å². The molecule has 0 atom stereocenters. The van der Waals surface area contributed by atoms with Crippen molar-refractivity contribution < 1.29 is 30.8 Å². The molecule has 0 unspecified atom stereocenters. The van der Waals surface area contributed by atoms with Gasteiger partial charge in [0.2, 0.25) is 0 Å². The monoisotopic (exact) mass is 424 g/mol. The van der Waals surface area contributed by atoms with Crippen LogP contribution in [0, 0.1) is 5.82 Å². The Morgan fingerprint density at radius 3 is 2.37 bits per heavy atom. The fourth-order valence-electron chi connectivity index (χ4n) is 1.95. The lowest BCUT2D eigenvalue weighted by Gasteiger charge is -2.15. The number of alkyl halides is 3. The lowest BCUT2D eigenvalue weighted by Crippen LogP contribution is -2.30. The highest BCUT2D eigenvalue weighted by atomic mass is 35.5. The van der Waals surface area contributed by atoms with Gasteiger partial charge in [-0.1, -0.05) is 23.7 Å². The van der Waals surface area contributed by atoms with E-state index in [1.54, 1.807) is 6.92 Å². The van der Waals surface area contributed by atoms with Crippen LogP contribution in [0.5, 0.6) is 5.75 Å². The molecule has 0 aromatic heterocycles. The minimum Gasteiger partial charge on any atom is -0.357 e. The van der Waals surface area contributed by atoms with Crippen molar-refractivity contribution >= 4 is 33.0 Å². The first-order chi connectivity index (χ1) is 12.5. The zero-order valence-corrected chi connectivity index (χ0v) is 15.3. The number of benzene rings is 2. The van der Waals surface area contributed by atoms with Crippen LogP contribution in [-0.4, -0.2) is 19.6 Å². The van der Waals surface area contributed by atoms with E-state index in [2.05, 4.69) is 5.16 Å². The average Bonchev–Trinajstić information content (AvgIpc) is 2.58. The number of nitrogens with zero attached hydrogens (tertiary/aromatic N) is 1. The summed E-state index contributed by atoms with van der Waals surface area (Å²) in [7, 11) is -5.63. The van der Waals surface area contributed by atoms with Crippen LogP contribution in [0.25, 0.3) is 0 Å². The number of hydrogen-bond acceptors (Lipinski definition) is 4. The van der Waals surface area contributed by atoms with Crippen LogP contribution < -0.4 is 9.56 Å². The van der Waals surface area contributed by atoms with Gasteiger partial charge in [0.15, 0.2) is 5.75 Å². The number of anilines is 1. The van der Waals surface area contributed by atoms with E-state index in [1.807, 2.05) is 0 Å². The molecule has 27 heavy (non-hydrogen) atoms. The first-order valence-electron chi connectivity index (χ1n) is 7.42. The van der Waals surface area contributed by atoms with Crippen LogP contribution in [0.3, 0.4) is 0 Å². The predicted molar refractivity (Wildman–Crippen MR) is 93.9 cm³/mol. The highest BCUT2D eigenvalue weighted by Crippen LogP contribution is 2.29. The lowest BCUT2D eigenvalue weighted by molar-refractivity contribution is -0.0429. The standard InChI is InChI=1S/C16H13ClF4N2O3S/c1-2-14(22-26-12-6-4-11(18)5-7-12)13-9-10(17)3-8-15(13)23-27(24,25)16(19,20)21/h3-9,23H,2H2,1H3/b22-14-. The summed E-state index contributed by atoms with van der Waals surface area (Å²) in [6.07, 6.45) is 0.183. The third-order valence-corrected chi connectivity index (χ3v) is 4.58. The Bertz CT molecular complexity index is 945. The van der Waals surface area contributed by atoms with E-state index >= 15 is 0 Å². The maximum atomic E-state index is 12.9. The highest BCUT2D eigenvalue weighted by Gasteiger charge is 2.46. The molecule has 0 aliphatic heterocycles. The first kappa shape index (κ1) is 21.0. The molecule has 0 bridgehead atoms. The molecule has 2 aromatic carbocycles. The van der Waals surface area contributed by atoms with Crippen molar-refractivity contribution in [3.8, 4) is 5.75 Å². The lowest BCUT2D eigenvalue weighted by atomic mass is 10.1. The molecule has 0 radical (unpaired) electrons. The van der Waals surface area contributed by atoms with E-state index in [-0.39, 0.29) is 34.2 Å². The summed E-state index contributed by atoms with van der Waals surface area (Å²) in [5, 5.41) is 3.98. The summed E-state index contributed by atoms with van der Waals surface area (Å²) in [5.74, 6) is -0.303. The van der Waals surface area contributed by atoms with Gasteiger partial charge in [0.1, 0.15) is 5.82 Å². The van der Waals surface area contributed by atoms with Gasteiger partial charge in [-0.3, -0.25) is 4.72 Å². The highest BCUT2D eigenvalue weighted by molar-refractivity contribution is 7.93. The number of hydrogen-bond donors (Lipinski definition) is 1. The van der Waals surface area contributed by atoms with Gasteiger partial charge in [-0.25, -0.2) is 4.39 Å². The van der Waals surface area contributed by atoms with Crippen molar-refractivity contribution in [2.24, 2.45) is 5.16 Å². The van der Waals surface area contributed by atoms with Gasteiger partial charge in [0, 0.05) is 10.6 Å². The van der Waals surface area contributed by atoms with Crippen LogP contribution in [0.1, 0.15) is 18.9 Å². The minimum absolute atomic E-state index is 0.0138. The Kier molecular flexibility index (Phi) is 6.32. The Morgan fingerprint density at radius 2 is 1.81 bits per heavy atom. The molecule has 0 aliphatic carbocycles. The van der Waals surface area contributed by atoms with Gasteiger partial charge in [-0.15, -0.1) is 0 Å². The molecule has 2 rings (SSSR count). The van der Waals surface area contributed by atoms with Crippen molar-refractivity contribution in [1.29, 1.82) is 0 Å². The normalized spacial score (nSPS) is 12.7. The van der Waals surface area contributed by atoms with E-state index in [4.69, 9.17) is 16.4 Å². The topological polar surface area (TPSA) is 67.8 Å². The molecule has 5 nitrogen and oxygen atoms in total. The Morgan fingerprint density at radius 1 is 1.19 bits per heavy atom. The predicted octanol–water partition coefficient (Wildman–Crippen LogP) is 4.93. The number of rotatable bonds is 6. The minimum atomic E-state index is -5.63. The van der Waals surface area contributed by atoms with Crippen LogP contribution in [0.15, 0.2) is 47.6 Å². The van der Waals surface area contributed by atoms with Crippen LogP contribution in [-0.2, 0) is 10.0 Å². The van der Waals surface area contributed by atoms with E-state index in [9.17, 15) is 26.0 Å². The largest absolute Gasteiger partial charge is 0.516 e. The van der Waals surface area contributed by atoms with Crippen LogP contribution in [0.4, 0.5) is 23.2 Å². The van der Waals surface area contributed by atoms with Gasteiger partial charge in [-0.2, -0.15) is 21.6 Å². The molecular weight excluding hydrogens is 412 g/mol. The van der Waals surface area contributed by atoms with Crippen molar-refractivity contribution in [1.82, 2.24) is 0 Å². The molecule has 0 fully saturated rings. The van der Waals surface area contributed by atoms with Gasteiger partial charge in [0.25, 0.3) is 0 Å². The SMILES string of the molecule is CC/C(=N/Oc1ccc(F)cc1)c1cc(Cl)ccc1NS(=O)(=O)C(F)(F)F. The second kappa shape index (κ2) is 8.13. The van der Waals surface area contributed by atoms with Gasteiger partial charge in [-0.05, 0) is 48.9 Å². The molecule has 0 heterocycles. The summed E-state index contributed by atoms with van der Waals surface area (Å²) < 4.78 is 75.2. The third kappa shape index (κ3) is 5.33. The quantitative estimate of drug-likeness (QED) is 0.406. The molecular formula is C16H13ClF4N2O3S. The molecule has 1 N–H and O–H groups in total. The number of halogens is 5. The second-order valence-electron chi connectivity index (χ2n) is 5.18. The van der Waals surface area contributed by atoms with E-state index in [0.29, 0.717) is 0 Å². The van der Waals surface area contributed by atoms with Crippen molar-refractivity contribution in [2.75, 3.05) is 4.72 Å². The van der Waals surface area contributed by atoms with Crippen molar-refractivity contribution in [2.45, 2.75) is 18.9 Å². The molecule has 0 aliphatic rings. The number of sulfonamides is 1. The van der Waals surface area contributed by atoms with E-state index in [1.165, 1.54) is 29.0 Å². The zero-order chi connectivity index (χ0) is 20.2. The summed E-state index contributed by atoms with van der Waals surface area (Å²) >= 11 is 5.88. The zero-order valence-electron chi connectivity index (χ0n) is 13.7. The molecule has 2 aromatic rings. The Balaban J connectivity index is 2.40. The fraction of sp³-hybridized carbons (Fsp3) is 0.188. The smallest absolute Gasteiger partial charge is 0.357 e. The Hall–Kier alpha value is -2.33. The van der Waals surface area contributed by atoms with Gasteiger partial charge >= 0.3 is 15.5 Å². The van der Waals surface area contributed by atoms with E-state index < -0.39 is 21.3 Å². The Labute approximate surface area is 157 Å². The summed E-state index contributed by atoms with van der Waals surface area (Å²) in [5.41, 5.74) is -5.71. The summed E-state index contributed by atoms with van der Waals surface area (Å²) in [6.45, 7) is 1.63. The molecule has 11 heteroatoms. The molecule has 0 amide bonds. The van der Waals surface area contributed by atoms with Crippen LogP contribution in [0.2, 0.25) is 5.02 Å². The van der Waals surface area contributed by atoms with Crippen molar-refractivity contribution in [3.63, 3.8) is 0 Å². The average molecular weight is 425 g/mol. The molecule has 0 saturated heterocycles. The van der Waals surface area contributed by atoms with Crippen molar-refractivity contribution in [3.05, 3.63) is 58.9 Å². The molecule has 0 saturated carbocycles. The number of nitrogens with one attached hydrogen (secondary N) is 1. The molecule has 0 spiro atoms. The number of oxime groups is 1. The summed E-state index contributed by atoms with van der Waals surface area (Å²) in [4.78, 5) is 5.14. The first-order valence-corrected chi connectivity index (χ1v) is 9.28. The fourth-order valence-corrected chi connectivity index (χ4v) is 2.71. The summed E-state index contributed by atoms with van der Waals surface area (Å²) in [6, 6.07) is 8.45. The van der Waals surface area contributed by atoms with Gasteiger partial charge in [0.05, 0.1) is 11.4 Å². The maximum absolute atomic E-state index is 12.9. The second-order valence-corrected chi connectivity index (χ2v) is 7.29. The third-order valence-electron chi connectivity index (χ3n) is 3.25. The maximum Gasteiger partial charge on any atom is 0.516 e.